The van der Waals surface area contributed by atoms with Crippen molar-refractivity contribution < 1.29 is 19.1 Å². The number of hydrogen-bond donors (Lipinski definition) is 1. The summed E-state index contributed by atoms with van der Waals surface area (Å²) in [4.78, 5) is 27.1. The first-order valence-electron chi connectivity index (χ1n) is 6.59. The van der Waals surface area contributed by atoms with Crippen LogP contribution in [0.4, 0.5) is 5.82 Å². The second-order valence-electron chi connectivity index (χ2n) is 4.44. The molecule has 0 unspecified atom stereocenters. The molecule has 2 rings (SSSR count). The molecule has 1 aromatic heterocycles. The Kier molecular flexibility index (Phi) is 6.66. The lowest BCUT2D eigenvalue weighted by molar-refractivity contribution is -0.149. The smallest absolute Gasteiger partial charge is 0.344 e. The lowest BCUT2D eigenvalue weighted by Crippen LogP contribution is -2.24. The quantitative estimate of drug-likeness (QED) is 0.764. The van der Waals surface area contributed by atoms with Gasteiger partial charge in [0.15, 0.2) is 19.0 Å². The van der Waals surface area contributed by atoms with Gasteiger partial charge in [0.1, 0.15) is 5.75 Å². The Balaban J connectivity index is 1.74. The Morgan fingerprint density at radius 2 is 1.75 bits per heavy atom. The molecular formula is C15H11Cl3N2O4. The van der Waals surface area contributed by atoms with E-state index >= 15 is 0 Å². The highest BCUT2D eigenvalue weighted by Crippen LogP contribution is 2.22. The van der Waals surface area contributed by atoms with Crippen LogP contribution in [0.2, 0.25) is 15.1 Å². The summed E-state index contributed by atoms with van der Waals surface area (Å²) < 4.78 is 9.98. The molecule has 0 radical (unpaired) electrons. The molecule has 1 heterocycles. The number of amides is 1. The van der Waals surface area contributed by atoms with E-state index in [1.54, 1.807) is 24.3 Å². The van der Waals surface area contributed by atoms with E-state index in [0.29, 0.717) is 15.8 Å². The lowest BCUT2D eigenvalue weighted by atomic mass is 10.3. The minimum Gasteiger partial charge on any atom is -0.482 e. The van der Waals surface area contributed by atoms with Crippen molar-refractivity contribution in [2.24, 2.45) is 0 Å². The number of aromatic nitrogens is 1. The Morgan fingerprint density at radius 1 is 1.04 bits per heavy atom. The molecule has 0 spiro atoms. The largest absolute Gasteiger partial charge is 0.482 e. The van der Waals surface area contributed by atoms with Crippen molar-refractivity contribution in [2.75, 3.05) is 18.5 Å². The second-order valence-corrected chi connectivity index (χ2v) is 5.72. The molecule has 1 N–H and O–H groups in total. The molecule has 0 aliphatic rings. The van der Waals surface area contributed by atoms with Crippen molar-refractivity contribution in [2.45, 2.75) is 0 Å². The SMILES string of the molecule is O=C(COC(=O)COc1ccc(Cl)cc1)Nc1ncc(Cl)cc1Cl. The van der Waals surface area contributed by atoms with E-state index in [4.69, 9.17) is 44.3 Å². The summed E-state index contributed by atoms with van der Waals surface area (Å²) in [7, 11) is 0. The summed E-state index contributed by atoms with van der Waals surface area (Å²) in [5.74, 6) is -0.709. The van der Waals surface area contributed by atoms with Crippen LogP contribution in [0, 0.1) is 0 Å². The maximum Gasteiger partial charge on any atom is 0.344 e. The second kappa shape index (κ2) is 8.73. The molecule has 0 aliphatic heterocycles. The average Bonchev–Trinajstić information content (AvgIpc) is 2.55. The number of anilines is 1. The Hall–Kier alpha value is -2.02. The number of esters is 1. The van der Waals surface area contributed by atoms with Gasteiger partial charge in [0, 0.05) is 11.2 Å². The van der Waals surface area contributed by atoms with Crippen LogP contribution < -0.4 is 10.1 Å². The zero-order chi connectivity index (χ0) is 17.5. The molecule has 126 valence electrons. The first-order chi connectivity index (χ1) is 11.4. The zero-order valence-corrected chi connectivity index (χ0v) is 14.4. The third kappa shape index (κ3) is 5.88. The molecular weight excluding hydrogens is 379 g/mol. The lowest BCUT2D eigenvalue weighted by Gasteiger charge is -2.08. The van der Waals surface area contributed by atoms with Crippen LogP contribution in [-0.2, 0) is 14.3 Å². The van der Waals surface area contributed by atoms with Gasteiger partial charge in [-0.3, -0.25) is 4.79 Å². The maximum atomic E-state index is 11.7. The summed E-state index contributed by atoms with van der Waals surface area (Å²) in [6, 6.07) is 7.89. The first-order valence-corrected chi connectivity index (χ1v) is 7.72. The predicted octanol–water partition coefficient (Wildman–Crippen LogP) is 3.60. The summed E-state index contributed by atoms with van der Waals surface area (Å²) in [6.45, 7) is -0.835. The van der Waals surface area contributed by atoms with E-state index < -0.39 is 18.5 Å². The zero-order valence-electron chi connectivity index (χ0n) is 12.1. The Bertz CT molecular complexity index is 738. The normalized spacial score (nSPS) is 10.1. The van der Waals surface area contributed by atoms with Crippen molar-refractivity contribution >= 4 is 52.5 Å². The fraction of sp³-hybridized carbons (Fsp3) is 0.133. The van der Waals surface area contributed by atoms with Crippen LogP contribution in [0.3, 0.4) is 0 Å². The van der Waals surface area contributed by atoms with E-state index in [1.165, 1.54) is 12.3 Å². The fourth-order valence-electron chi connectivity index (χ4n) is 1.54. The third-order valence-corrected chi connectivity index (χ3v) is 3.35. The van der Waals surface area contributed by atoms with Gasteiger partial charge in [-0.05, 0) is 30.3 Å². The van der Waals surface area contributed by atoms with Gasteiger partial charge in [-0.25, -0.2) is 9.78 Å². The van der Waals surface area contributed by atoms with Gasteiger partial charge < -0.3 is 14.8 Å². The molecule has 0 saturated heterocycles. The van der Waals surface area contributed by atoms with Crippen LogP contribution >= 0.6 is 34.8 Å². The van der Waals surface area contributed by atoms with E-state index in [-0.39, 0.29) is 17.4 Å². The molecule has 0 fully saturated rings. The number of benzene rings is 1. The van der Waals surface area contributed by atoms with Crippen LogP contribution in [-0.4, -0.2) is 30.1 Å². The van der Waals surface area contributed by atoms with Crippen molar-refractivity contribution in [1.29, 1.82) is 0 Å². The van der Waals surface area contributed by atoms with Gasteiger partial charge in [-0.15, -0.1) is 0 Å². The molecule has 0 aliphatic carbocycles. The van der Waals surface area contributed by atoms with Gasteiger partial charge in [0.25, 0.3) is 5.91 Å². The monoisotopic (exact) mass is 388 g/mol. The van der Waals surface area contributed by atoms with Gasteiger partial charge >= 0.3 is 5.97 Å². The van der Waals surface area contributed by atoms with Gasteiger partial charge in [0.05, 0.1) is 10.0 Å². The number of rotatable bonds is 6. The van der Waals surface area contributed by atoms with Gasteiger partial charge in [-0.1, -0.05) is 34.8 Å². The minimum absolute atomic E-state index is 0.125. The molecule has 0 bridgehead atoms. The van der Waals surface area contributed by atoms with E-state index in [0.717, 1.165) is 0 Å². The average molecular weight is 390 g/mol. The van der Waals surface area contributed by atoms with Crippen molar-refractivity contribution in [3.05, 3.63) is 51.6 Å². The molecule has 9 heteroatoms. The van der Waals surface area contributed by atoms with Gasteiger partial charge in [0.2, 0.25) is 0 Å². The summed E-state index contributed by atoms with van der Waals surface area (Å²) in [6.07, 6.45) is 1.33. The highest BCUT2D eigenvalue weighted by Gasteiger charge is 2.11. The number of nitrogens with one attached hydrogen (secondary N) is 1. The molecule has 1 amide bonds. The highest BCUT2D eigenvalue weighted by atomic mass is 35.5. The number of pyridine rings is 1. The molecule has 0 atom stereocenters. The van der Waals surface area contributed by atoms with Crippen LogP contribution in [0.1, 0.15) is 0 Å². The predicted molar refractivity (Wildman–Crippen MR) is 90.8 cm³/mol. The summed E-state index contributed by atoms with van der Waals surface area (Å²) in [5, 5.41) is 3.46. The minimum atomic E-state index is -0.699. The molecule has 1 aromatic carbocycles. The fourth-order valence-corrected chi connectivity index (χ4v) is 2.09. The van der Waals surface area contributed by atoms with E-state index in [1.807, 2.05) is 0 Å². The van der Waals surface area contributed by atoms with Crippen LogP contribution in [0.15, 0.2) is 36.5 Å². The highest BCUT2D eigenvalue weighted by molar-refractivity contribution is 6.36. The molecule has 24 heavy (non-hydrogen) atoms. The number of hydrogen-bond acceptors (Lipinski definition) is 5. The first kappa shape index (κ1) is 18.3. The molecule has 0 saturated carbocycles. The number of carbonyl (C=O) groups excluding carboxylic acids is 2. The summed E-state index contributed by atoms with van der Waals surface area (Å²) in [5.41, 5.74) is 0. The van der Waals surface area contributed by atoms with Gasteiger partial charge in [-0.2, -0.15) is 0 Å². The molecule has 6 nitrogen and oxygen atoms in total. The number of carbonyl (C=O) groups is 2. The van der Waals surface area contributed by atoms with E-state index in [9.17, 15) is 9.59 Å². The van der Waals surface area contributed by atoms with E-state index in [2.05, 4.69) is 10.3 Å². The Morgan fingerprint density at radius 3 is 2.42 bits per heavy atom. The van der Waals surface area contributed by atoms with Crippen LogP contribution in [0.25, 0.3) is 0 Å². The standard InChI is InChI=1S/C15H11Cl3N2O4/c16-9-1-3-11(4-2-9)23-8-14(22)24-7-13(21)20-15-12(18)5-10(17)6-19-15/h1-6H,7-8H2,(H,19,20,21). The van der Waals surface area contributed by atoms with Crippen LogP contribution in [0.5, 0.6) is 5.75 Å². The van der Waals surface area contributed by atoms with Crippen molar-refractivity contribution in [3.63, 3.8) is 0 Å². The number of ether oxygens (including phenoxy) is 2. The summed E-state index contributed by atoms with van der Waals surface area (Å²) >= 11 is 17.3. The third-order valence-electron chi connectivity index (χ3n) is 2.60. The Labute approximate surface area is 152 Å². The maximum absolute atomic E-state index is 11.7. The van der Waals surface area contributed by atoms with Crippen molar-refractivity contribution in [3.8, 4) is 5.75 Å². The number of halogens is 3. The van der Waals surface area contributed by atoms with Crippen molar-refractivity contribution in [1.82, 2.24) is 4.98 Å². The topological polar surface area (TPSA) is 77.5 Å². The number of nitrogens with zero attached hydrogens (tertiary/aromatic N) is 1. The molecule has 2 aromatic rings.